The molecule has 8 heteroatoms. The molecule has 0 aliphatic rings. The van der Waals surface area contributed by atoms with E-state index in [2.05, 4.69) is 28.0 Å². The Labute approximate surface area is 181 Å². The van der Waals surface area contributed by atoms with Crippen molar-refractivity contribution in [2.45, 2.75) is 13.5 Å². The Morgan fingerprint density at radius 2 is 1.90 bits per heavy atom. The van der Waals surface area contributed by atoms with E-state index in [9.17, 15) is 0 Å². The van der Waals surface area contributed by atoms with Crippen LogP contribution >= 0.6 is 12.2 Å². The molecule has 30 heavy (non-hydrogen) atoms. The van der Waals surface area contributed by atoms with Crippen molar-refractivity contribution in [3.63, 3.8) is 0 Å². The molecule has 0 spiro atoms. The summed E-state index contributed by atoms with van der Waals surface area (Å²) in [4.78, 5) is 0. The number of nitrogens with one attached hydrogen (secondary N) is 2. The number of benzene rings is 2. The molecule has 2 N–H and O–H groups in total. The Hall–Kier alpha value is -3.39. The van der Waals surface area contributed by atoms with E-state index < -0.39 is 0 Å². The third-order valence-corrected chi connectivity index (χ3v) is 4.58. The van der Waals surface area contributed by atoms with Gasteiger partial charge >= 0.3 is 0 Å². The van der Waals surface area contributed by atoms with Gasteiger partial charge in [0.25, 0.3) is 0 Å². The van der Waals surface area contributed by atoms with Crippen molar-refractivity contribution in [2.24, 2.45) is 5.10 Å². The quantitative estimate of drug-likeness (QED) is 0.329. The second-order valence-electron chi connectivity index (χ2n) is 6.42. The molecule has 0 atom stereocenters. The van der Waals surface area contributed by atoms with Crippen LogP contribution in [0.5, 0.6) is 11.5 Å². The molecular weight excluding hydrogens is 398 g/mol. The van der Waals surface area contributed by atoms with E-state index in [1.807, 2.05) is 54.2 Å². The summed E-state index contributed by atoms with van der Waals surface area (Å²) in [6.07, 6.45) is 3.67. The number of methoxy groups -OCH3 is 2. The number of hydrazone groups is 1. The summed E-state index contributed by atoms with van der Waals surface area (Å²) in [6, 6.07) is 15.9. The molecule has 0 saturated heterocycles. The average Bonchev–Trinajstić information content (AvgIpc) is 3.16. The zero-order valence-corrected chi connectivity index (χ0v) is 18.1. The predicted octanol–water partition coefficient (Wildman–Crippen LogP) is 3.43. The van der Waals surface area contributed by atoms with Gasteiger partial charge in [-0.25, -0.2) is 0 Å². The maximum absolute atomic E-state index is 5.45. The van der Waals surface area contributed by atoms with Crippen molar-refractivity contribution in [1.29, 1.82) is 0 Å². The number of rotatable bonds is 8. The minimum absolute atomic E-state index is 0.470. The van der Waals surface area contributed by atoms with Crippen LogP contribution in [0, 0.1) is 0 Å². The van der Waals surface area contributed by atoms with Crippen molar-refractivity contribution in [3.05, 3.63) is 65.9 Å². The average molecular weight is 424 g/mol. The number of thiocarbonyl (C=S) groups is 1. The van der Waals surface area contributed by atoms with Gasteiger partial charge in [0.05, 0.1) is 27.0 Å². The van der Waals surface area contributed by atoms with Crippen LogP contribution in [-0.2, 0) is 6.54 Å². The molecule has 1 aromatic heterocycles. The zero-order valence-electron chi connectivity index (χ0n) is 17.3. The van der Waals surface area contributed by atoms with Gasteiger partial charge in [0.15, 0.2) is 16.6 Å². The van der Waals surface area contributed by atoms with E-state index in [0.717, 1.165) is 28.9 Å². The molecule has 3 aromatic rings. The Morgan fingerprint density at radius 3 is 2.60 bits per heavy atom. The highest BCUT2D eigenvalue weighted by Gasteiger charge is 2.13. The molecule has 7 nitrogen and oxygen atoms in total. The molecule has 0 fully saturated rings. The lowest BCUT2D eigenvalue weighted by Gasteiger charge is -2.09. The number of nitrogens with zero attached hydrogens (tertiary/aromatic N) is 3. The summed E-state index contributed by atoms with van der Waals surface area (Å²) in [5.41, 5.74) is 6.51. The Kier molecular flexibility index (Phi) is 7.40. The maximum atomic E-state index is 5.45. The third kappa shape index (κ3) is 5.36. The van der Waals surface area contributed by atoms with Gasteiger partial charge in [-0.05, 0) is 42.9 Å². The van der Waals surface area contributed by atoms with Crippen LogP contribution < -0.4 is 20.2 Å². The Bertz CT molecular complexity index is 1020. The molecule has 1 heterocycles. The summed E-state index contributed by atoms with van der Waals surface area (Å²) in [6.45, 7) is 3.35. The second kappa shape index (κ2) is 10.4. The monoisotopic (exact) mass is 423 g/mol. The van der Waals surface area contributed by atoms with E-state index >= 15 is 0 Å². The minimum Gasteiger partial charge on any atom is -0.493 e. The van der Waals surface area contributed by atoms with E-state index in [1.54, 1.807) is 20.4 Å². The van der Waals surface area contributed by atoms with Crippen LogP contribution in [-0.4, -0.2) is 41.9 Å². The largest absolute Gasteiger partial charge is 0.493 e. The minimum atomic E-state index is 0.470. The highest BCUT2D eigenvalue weighted by atomic mass is 32.1. The molecule has 156 valence electrons. The summed E-state index contributed by atoms with van der Waals surface area (Å²) in [7, 11) is 3.23. The fraction of sp³-hybridized carbons (Fsp3) is 0.227. The van der Waals surface area contributed by atoms with Crippen LogP contribution in [0.15, 0.2) is 59.8 Å². The highest BCUT2D eigenvalue weighted by molar-refractivity contribution is 7.80. The predicted molar refractivity (Wildman–Crippen MR) is 123 cm³/mol. The molecular formula is C22H25N5O2S. The van der Waals surface area contributed by atoms with Gasteiger partial charge in [-0.1, -0.05) is 30.3 Å². The van der Waals surface area contributed by atoms with Crippen LogP contribution in [0.1, 0.15) is 18.1 Å². The summed E-state index contributed by atoms with van der Waals surface area (Å²) < 4.78 is 12.7. The zero-order chi connectivity index (χ0) is 21.3. The molecule has 0 bridgehead atoms. The van der Waals surface area contributed by atoms with Gasteiger partial charge in [-0.15, -0.1) is 0 Å². The normalized spacial score (nSPS) is 10.8. The SMILES string of the molecule is CCNC(=S)N/N=C\c1cn(Cc2ccccc2)nc1-c1ccc(OC)c(OC)c1. The smallest absolute Gasteiger partial charge is 0.186 e. The number of aromatic nitrogens is 2. The summed E-state index contributed by atoms with van der Waals surface area (Å²) in [5, 5.41) is 12.5. The molecule has 0 unspecified atom stereocenters. The number of hydrogen-bond acceptors (Lipinski definition) is 5. The van der Waals surface area contributed by atoms with Crippen molar-refractivity contribution in [1.82, 2.24) is 20.5 Å². The second-order valence-corrected chi connectivity index (χ2v) is 6.82. The standard InChI is InChI=1S/C22H25N5O2S/c1-4-23-22(30)25-24-13-18-15-27(14-16-8-6-5-7-9-16)26-21(18)17-10-11-19(28-2)20(12-17)29-3/h5-13,15H,4,14H2,1-3H3,(H2,23,25,30)/b24-13-. The van der Waals surface area contributed by atoms with Crippen molar-refractivity contribution < 1.29 is 9.47 Å². The molecule has 0 aliphatic carbocycles. The van der Waals surface area contributed by atoms with Crippen LogP contribution in [0.25, 0.3) is 11.3 Å². The fourth-order valence-electron chi connectivity index (χ4n) is 2.95. The van der Waals surface area contributed by atoms with Crippen molar-refractivity contribution >= 4 is 23.5 Å². The van der Waals surface area contributed by atoms with E-state index in [-0.39, 0.29) is 0 Å². The highest BCUT2D eigenvalue weighted by Crippen LogP contribution is 2.32. The van der Waals surface area contributed by atoms with Gasteiger partial charge in [0.1, 0.15) is 5.69 Å². The fourth-order valence-corrected chi connectivity index (χ4v) is 3.15. The van der Waals surface area contributed by atoms with Gasteiger partial charge in [-0.2, -0.15) is 10.2 Å². The first kappa shape index (κ1) is 21.3. The molecule has 0 aliphatic heterocycles. The maximum Gasteiger partial charge on any atom is 0.186 e. The number of hydrogen-bond donors (Lipinski definition) is 2. The topological polar surface area (TPSA) is 72.7 Å². The van der Waals surface area contributed by atoms with Gasteiger partial charge < -0.3 is 14.8 Å². The molecule has 0 saturated carbocycles. The number of ether oxygens (including phenoxy) is 2. The van der Waals surface area contributed by atoms with Crippen molar-refractivity contribution in [2.75, 3.05) is 20.8 Å². The molecule has 0 amide bonds. The molecule has 2 aromatic carbocycles. The Morgan fingerprint density at radius 1 is 1.13 bits per heavy atom. The molecule has 3 rings (SSSR count). The van der Waals surface area contributed by atoms with Gasteiger partial charge in [-0.3, -0.25) is 10.1 Å². The lowest BCUT2D eigenvalue weighted by atomic mass is 10.1. The first-order valence-corrected chi connectivity index (χ1v) is 9.96. The lowest BCUT2D eigenvalue weighted by molar-refractivity contribution is 0.355. The Balaban J connectivity index is 1.94. The van der Waals surface area contributed by atoms with Crippen LogP contribution in [0.4, 0.5) is 0 Å². The van der Waals surface area contributed by atoms with Gasteiger partial charge in [0, 0.05) is 23.9 Å². The van der Waals surface area contributed by atoms with Crippen LogP contribution in [0.3, 0.4) is 0 Å². The van der Waals surface area contributed by atoms with E-state index in [0.29, 0.717) is 23.2 Å². The summed E-state index contributed by atoms with van der Waals surface area (Å²) in [5.74, 6) is 1.31. The molecule has 0 radical (unpaired) electrons. The summed E-state index contributed by atoms with van der Waals surface area (Å²) >= 11 is 5.16. The van der Waals surface area contributed by atoms with E-state index in [4.69, 9.17) is 26.8 Å². The van der Waals surface area contributed by atoms with E-state index in [1.165, 1.54) is 0 Å². The first-order valence-electron chi connectivity index (χ1n) is 9.55. The van der Waals surface area contributed by atoms with Crippen LogP contribution in [0.2, 0.25) is 0 Å². The first-order chi connectivity index (χ1) is 14.6. The lowest BCUT2D eigenvalue weighted by Crippen LogP contribution is -2.31. The third-order valence-electron chi connectivity index (χ3n) is 4.34. The van der Waals surface area contributed by atoms with Crippen molar-refractivity contribution in [3.8, 4) is 22.8 Å². The van der Waals surface area contributed by atoms with Gasteiger partial charge in [0.2, 0.25) is 0 Å².